The highest BCUT2D eigenvalue weighted by Crippen LogP contribution is 2.29. The molecule has 0 aliphatic carbocycles. The van der Waals surface area contributed by atoms with Crippen LogP contribution in [0.1, 0.15) is 71.1 Å². The number of carbonyl (C=O) groups is 1. The van der Waals surface area contributed by atoms with E-state index in [1.54, 1.807) is 0 Å². The summed E-state index contributed by atoms with van der Waals surface area (Å²) in [6.07, 6.45) is 23.5. The summed E-state index contributed by atoms with van der Waals surface area (Å²) in [6.45, 7) is 2.23. The normalized spacial score (nSPS) is 20.9. The fraction of sp³-hybridized carbons (Fsp3) is 0.650. The summed E-state index contributed by atoms with van der Waals surface area (Å²) < 4.78 is 5.64. The van der Waals surface area contributed by atoms with Crippen molar-refractivity contribution in [2.75, 3.05) is 0 Å². The van der Waals surface area contributed by atoms with Crippen LogP contribution in [0, 0.1) is 0 Å². The molecule has 2 atom stereocenters. The molecule has 130 valence electrons. The predicted molar refractivity (Wildman–Crippen MR) is 92.9 cm³/mol. The quantitative estimate of drug-likeness (QED) is 0.275. The number of hydrogen-bond acceptors (Lipinski definition) is 3. The molecule has 0 amide bonds. The van der Waals surface area contributed by atoms with Crippen molar-refractivity contribution >= 4 is 5.97 Å². The third-order valence-electron chi connectivity index (χ3n) is 3.92. The molecule has 0 N–H and O–H groups in total. The molecule has 23 heavy (non-hydrogen) atoms. The maximum absolute atomic E-state index is 10.2. The molecule has 1 fully saturated rings. The minimum Gasteiger partial charge on any atom is -0.550 e. The summed E-state index contributed by atoms with van der Waals surface area (Å²) in [6, 6.07) is 0. The number of unbranched alkanes of at least 4 members (excludes halogenated alkanes) is 4. The standard InChI is InChI=1S/C20H32O3/c1-2-3-4-5-9-12-15-18-19(23-18)16-13-10-7-6-8-11-14-17-20(21)22/h6,8-10,12-13,18-19H,2-5,7,11,14-17H2,1H3,(H,21,22)/p-1/b8-6-,12-9-,13-10-/t18-,19+/m0/s1. The fourth-order valence-corrected chi connectivity index (χ4v) is 2.44. The third-order valence-corrected chi connectivity index (χ3v) is 3.92. The monoisotopic (exact) mass is 319 g/mol. The van der Waals surface area contributed by atoms with Crippen LogP contribution in [0.25, 0.3) is 0 Å². The van der Waals surface area contributed by atoms with Gasteiger partial charge in [-0.25, -0.2) is 0 Å². The van der Waals surface area contributed by atoms with Crippen molar-refractivity contribution in [2.24, 2.45) is 0 Å². The van der Waals surface area contributed by atoms with Crippen molar-refractivity contribution in [1.29, 1.82) is 0 Å². The van der Waals surface area contributed by atoms with Crippen LogP contribution in [0.5, 0.6) is 0 Å². The second-order valence-corrected chi connectivity index (χ2v) is 6.09. The van der Waals surface area contributed by atoms with Gasteiger partial charge in [-0.15, -0.1) is 0 Å². The number of aliphatic carboxylic acids is 1. The first-order valence-corrected chi connectivity index (χ1v) is 9.04. The average Bonchev–Trinajstić information content (AvgIpc) is 3.27. The van der Waals surface area contributed by atoms with Gasteiger partial charge in [0, 0.05) is 5.97 Å². The molecule has 0 radical (unpaired) electrons. The number of rotatable bonds is 14. The Kier molecular flexibility index (Phi) is 11.2. The number of ether oxygens (including phenoxy) is 1. The van der Waals surface area contributed by atoms with Gasteiger partial charge in [0.2, 0.25) is 0 Å². The van der Waals surface area contributed by atoms with Gasteiger partial charge in [0.25, 0.3) is 0 Å². The molecular formula is C20H31O3-. The number of carboxylic acids is 1. The number of allylic oxidation sites excluding steroid dienone is 4. The maximum Gasteiger partial charge on any atom is 0.0879 e. The SMILES string of the molecule is CCCCC/C=C\C[C@@H]1O[C@@H]1C/C=C\C/C=C\CCCC(=O)[O-]. The number of carbonyl (C=O) groups excluding carboxylic acids is 1. The maximum atomic E-state index is 10.2. The molecule has 1 aliphatic heterocycles. The van der Waals surface area contributed by atoms with Crippen molar-refractivity contribution in [3.05, 3.63) is 36.5 Å². The third kappa shape index (κ3) is 11.8. The van der Waals surface area contributed by atoms with Gasteiger partial charge in [-0.2, -0.15) is 0 Å². The zero-order valence-corrected chi connectivity index (χ0v) is 14.4. The highest BCUT2D eigenvalue weighted by Gasteiger charge is 2.35. The van der Waals surface area contributed by atoms with Gasteiger partial charge < -0.3 is 14.6 Å². The van der Waals surface area contributed by atoms with Gasteiger partial charge in [0.05, 0.1) is 12.2 Å². The molecular weight excluding hydrogens is 288 g/mol. The summed E-state index contributed by atoms with van der Waals surface area (Å²) in [5.74, 6) is -0.965. The molecule has 0 saturated carbocycles. The summed E-state index contributed by atoms with van der Waals surface area (Å²) >= 11 is 0. The van der Waals surface area contributed by atoms with E-state index in [1.165, 1.54) is 25.7 Å². The average molecular weight is 319 g/mol. The van der Waals surface area contributed by atoms with Crippen LogP contribution < -0.4 is 5.11 Å². The Balaban J connectivity index is 1.92. The Hall–Kier alpha value is -1.35. The van der Waals surface area contributed by atoms with Crippen LogP contribution in [-0.2, 0) is 9.53 Å². The molecule has 1 heterocycles. The summed E-state index contributed by atoms with van der Waals surface area (Å²) in [7, 11) is 0. The van der Waals surface area contributed by atoms with Crippen LogP contribution in [0.4, 0.5) is 0 Å². The molecule has 3 nitrogen and oxygen atoms in total. The van der Waals surface area contributed by atoms with E-state index in [4.69, 9.17) is 4.74 Å². The van der Waals surface area contributed by atoms with Crippen LogP contribution in [-0.4, -0.2) is 18.2 Å². The van der Waals surface area contributed by atoms with Crippen LogP contribution in [0.2, 0.25) is 0 Å². The van der Waals surface area contributed by atoms with E-state index in [0.717, 1.165) is 25.7 Å². The number of epoxide rings is 1. The molecule has 0 aromatic heterocycles. The molecule has 0 aromatic carbocycles. The first-order valence-electron chi connectivity index (χ1n) is 9.04. The second-order valence-electron chi connectivity index (χ2n) is 6.09. The molecule has 0 bridgehead atoms. The minimum absolute atomic E-state index is 0.146. The van der Waals surface area contributed by atoms with E-state index < -0.39 is 5.97 Å². The van der Waals surface area contributed by atoms with Gasteiger partial charge in [-0.05, 0) is 51.4 Å². The van der Waals surface area contributed by atoms with Crippen molar-refractivity contribution in [1.82, 2.24) is 0 Å². The minimum atomic E-state index is -0.965. The fourth-order valence-electron chi connectivity index (χ4n) is 2.44. The predicted octanol–water partition coefficient (Wildman–Crippen LogP) is 4.09. The van der Waals surface area contributed by atoms with Crippen molar-refractivity contribution in [3.8, 4) is 0 Å². The Morgan fingerprint density at radius 2 is 1.52 bits per heavy atom. The molecule has 3 heteroatoms. The van der Waals surface area contributed by atoms with E-state index in [9.17, 15) is 9.90 Å². The molecule has 1 saturated heterocycles. The van der Waals surface area contributed by atoms with Crippen LogP contribution >= 0.6 is 0 Å². The Morgan fingerprint density at radius 3 is 2.22 bits per heavy atom. The Bertz CT molecular complexity index is 396. The topological polar surface area (TPSA) is 52.7 Å². The summed E-state index contributed by atoms with van der Waals surface area (Å²) in [4.78, 5) is 10.2. The molecule has 0 unspecified atom stereocenters. The van der Waals surface area contributed by atoms with Crippen molar-refractivity contribution < 1.29 is 14.6 Å². The van der Waals surface area contributed by atoms with E-state index >= 15 is 0 Å². The number of carboxylic acid groups (broad SMARTS) is 1. The highest BCUT2D eigenvalue weighted by molar-refractivity contribution is 5.64. The van der Waals surface area contributed by atoms with Gasteiger partial charge in [0.15, 0.2) is 0 Å². The van der Waals surface area contributed by atoms with Crippen molar-refractivity contribution in [2.45, 2.75) is 83.3 Å². The highest BCUT2D eigenvalue weighted by atomic mass is 16.6. The lowest BCUT2D eigenvalue weighted by Crippen LogP contribution is -2.21. The lowest BCUT2D eigenvalue weighted by molar-refractivity contribution is -0.305. The van der Waals surface area contributed by atoms with E-state index in [2.05, 4.69) is 37.3 Å². The molecule has 0 aromatic rings. The summed E-state index contributed by atoms with van der Waals surface area (Å²) in [5.41, 5.74) is 0. The smallest absolute Gasteiger partial charge is 0.0879 e. The first-order chi connectivity index (χ1) is 11.2. The summed E-state index contributed by atoms with van der Waals surface area (Å²) in [5, 5.41) is 10.2. The van der Waals surface area contributed by atoms with Gasteiger partial charge in [0.1, 0.15) is 0 Å². The van der Waals surface area contributed by atoms with E-state index in [1.807, 2.05) is 6.08 Å². The molecule has 0 spiro atoms. The van der Waals surface area contributed by atoms with Gasteiger partial charge in [-0.3, -0.25) is 0 Å². The largest absolute Gasteiger partial charge is 0.550 e. The van der Waals surface area contributed by atoms with E-state index in [0.29, 0.717) is 18.6 Å². The van der Waals surface area contributed by atoms with Gasteiger partial charge >= 0.3 is 0 Å². The Morgan fingerprint density at radius 1 is 0.913 bits per heavy atom. The first kappa shape index (κ1) is 19.7. The second kappa shape index (κ2) is 13.1. The molecule has 1 aliphatic rings. The van der Waals surface area contributed by atoms with Crippen molar-refractivity contribution in [3.63, 3.8) is 0 Å². The van der Waals surface area contributed by atoms with E-state index in [-0.39, 0.29) is 6.42 Å². The Labute approximate surface area is 141 Å². The molecule has 1 rings (SSSR count). The lowest BCUT2D eigenvalue weighted by atomic mass is 10.1. The van der Waals surface area contributed by atoms with Crippen LogP contribution in [0.15, 0.2) is 36.5 Å². The number of hydrogen-bond donors (Lipinski definition) is 0. The zero-order chi connectivity index (χ0) is 16.8. The van der Waals surface area contributed by atoms with Gasteiger partial charge in [-0.1, -0.05) is 56.2 Å². The van der Waals surface area contributed by atoms with Crippen LogP contribution in [0.3, 0.4) is 0 Å². The lowest BCUT2D eigenvalue weighted by Gasteiger charge is -1.97. The zero-order valence-electron chi connectivity index (χ0n) is 14.4.